The molecule has 2 rings (SSSR count). The molecule has 4 atom stereocenters. The van der Waals surface area contributed by atoms with Gasteiger partial charge in [0, 0.05) is 19.6 Å². The number of likely N-dealkylation sites (tertiary alicyclic amines) is 1. The quantitative estimate of drug-likeness (QED) is 0.672. The van der Waals surface area contributed by atoms with E-state index in [1.165, 1.54) is 12.0 Å². The predicted octanol–water partition coefficient (Wildman–Crippen LogP) is 2.94. The Labute approximate surface area is 167 Å². The molecule has 2 saturated heterocycles. The van der Waals surface area contributed by atoms with Crippen molar-refractivity contribution in [1.29, 1.82) is 0 Å². The zero-order valence-electron chi connectivity index (χ0n) is 18.5. The average molecular weight is 402 g/mol. The lowest BCUT2D eigenvalue weighted by atomic mass is 9.91. The maximum atomic E-state index is 12.8. The molecule has 8 heteroatoms. The normalized spacial score (nSPS) is 30.0. The lowest BCUT2D eigenvalue weighted by molar-refractivity contribution is -0.173. The van der Waals surface area contributed by atoms with Crippen LogP contribution in [-0.4, -0.2) is 67.0 Å². The SMILES string of the molecule is CO[C@@H]1[C@H]2OC(C)(C)O[C@H]2[C@@H](COC(=O)C(C)(C)C)CN1C(=O)OC(C)(C)C. The van der Waals surface area contributed by atoms with Crippen LogP contribution in [0.3, 0.4) is 0 Å². The van der Waals surface area contributed by atoms with Gasteiger partial charge in [-0.25, -0.2) is 4.79 Å². The number of piperidine rings is 1. The number of amides is 1. The fourth-order valence-electron chi connectivity index (χ4n) is 3.35. The molecule has 0 radical (unpaired) electrons. The summed E-state index contributed by atoms with van der Waals surface area (Å²) in [4.78, 5) is 26.5. The average Bonchev–Trinajstić information content (AvgIpc) is 2.83. The van der Waals surface area contributed by atoms with Crippen molar-refractivity contribution < 1.29 is 33.3 Å². The maximum Gasteiger partial charge on any atom is 0.412 e. The first-order chi connectivity index (χ1) is 12.6. The van der Waals surface area contributed by atoms with E-state index in [0.29, 0.717) is 0 Å². The molecule has 0 aromatic rings. The number of methoxy groups -OCH3 is 1. The summed E-state index contributed by atoms with van der Waals surface area (Å²) in [5.74, 6) is -1.40. The van der Waals surface area contributed by atoms with E-state index >= 15 is 0 Å². The summed E-state index contributed by atoms with van der Waals surface area (Å²) in [6.07, 6.45) is -2.04. The molecule has 2 fully saturated rings. The standard InChI is InChI=1S/C20H35NO7/c1-18(2,3)16(22)25-11-12-10-21(17(23)28-19(4,5)6)15(24-9)14-13(12)26-20(7,8)27-14/h12-15H,10-11H2,1-9H3/t12-,13+,14+,15-/m1/s1. The minimum atomic E-state index is -0.831. The number of rotatable bonds is 3. The van der Waals surface area contributed by atoms with Crippen molar-refractivity contribution in [2.45, 2.75) is 85.2 Å². The zero-order valence-corrected chi connectivity index (χ0v) is 18.5. The summed E-state index contributed by atoms with van der Waals surface area (Å²) >= 11 is 0. The minimum absolute atomic E-state index is 0.118. The first-order valence-corrected chi connectivity index (χ1v) is 9.70. The molecule has 0 unspecified atom stereocenters. The van der Waals surface area contributed by atoms with Crippen LogP contribution in [0.25, 0.3) is 0 Å². The number of carbonyl (C=O) groups is 2. The highest BCUT2D eigenvalue weighted by Gasteiger charge is 2.56. The van der Waals surface area contributed by atoms with Gasteiger partial charge in [-0.05, 0) is 55.4 Å². The van der Waals surface area contributed by atoms with Gasteiger partial charge in [-0.15, -0.1) is 0 Å². The number of carbonyl (C=O) groups excluding carboxylic acids is 2. The molecule has 0 aliphatic carbocycles. The Morgan fingerprint density at radius 3 is 2.14 bits per heavy atom. The van der Waals surface area contributed by atoms with Crippen LogP contribution >= 0.6 is 0 Å². The molecule has 8 nitrogen and oxygen atoms in total. The summed E-state index contributed by atoms with van der Waals surface area (Å²) in [7, 11) is 1.52. The summed E-state index contributed by atoms with van der Waals surface area (Å²) in [6, 6.07) is 0. The lowest BCUT2D eigenvalue weighted by Gasteiger charge is -2.44. The Balaban J connectivity index is 2.23. The van der Waals surface area contributed by atoms with E-state index in [9.17, 15) is 9.59 Å². The molecule has 0 saturated carbocycles. The highest BCUT2D eigenvalue weighted by molar-refractivity contribution is 5.75. The van der Waals surface area contributed by atoms with Crippen LogP contribution < -0.4 is 0 Å². The molecule has 0 aromatic carbocycles. The Morgan fingerprint density at radius 1 is 1.07 bits per heavy atom. The van der Waals surface area contributed by atoms with Gasteiger partial charge in [0.05, 0.1) is 18.1 Å². The third kappa shape index (κ3) is 5.36. The summed E-state index contributed by atoms with van der Waals surface area (Å²) < 4.78 is 28.8. The number of esters is 1. The van der Waals surface area contributed by atoms with Crippen LogP contribution in [0, 0.1) is 11.3 Å². The second-order valence-electron chi connectivity index (χ2n) is 9.93. The van der Waals surface area contributed by atoms with Gasteiger partial charge in [0.25, 0.3) is 0 Å². The topological polar surface area (TPSA) is 83.5 Å². The molecule has 2 aliphatic heterocycles. The molecule has 1 amide bonds. The molecule has 0 aromatic heterocycles. The first-order valence-electron chi connectivity index (χ1n) is 9.70. The Kier molecular flexibility index (Phi) is 6.38. The van der Waals surface area contributed by atoms with Gasteiger partial charge < -0.3 is 23.7 Å². The smallest absolute Gasteiger partial charge is 0.412 e. The van der Waals surface area contributed by atoms with Crippen molar-refractivity contribution in [3.8, 4) is 0 Å². The van der Waals surface area contributed by atoms with E-state index in [2.05, 4.69) is 0 Å². The van der Waals surface area contributed by atoms with E-state index in [1.54, 1.807) is 41.5 Å². The number of nitrogens with zero attached hydrogens (tertiary/aromatic N) is 1. The van der Waals surface area contributed by atoms with Crippen molar-refractivity contribution in [3.05, 3.63) is 0 Å². The van der Waals surface area contributed by atoms with E-state index in [4.69, 9.17) is 23.7 Å². The Morgan fingerprint density at radius 2 is 1.64 bits per heavy atom. The van der Waals surface area contributed by atoms with Crippen LogP contribution in [-0.2, 0) is 28.5 Å². The Hall–Kier alpha value is -1.38. The molecule has 2 aliphatic rings. The van der Waals surface area contributed by atoms with E-state index in [0.717, 1.165) is 0 Å². The monoisotopic (exact) mass is 401 g/mol. The first kappa shape index (κ1) is 22.9. The van der Waals surface area contributed by atoms with Gasteiger partial charge >= 0.3 is 12.1 Å². The summed E-state index contributed by atoms with van der Waals surface area (Å²) in [6.45, 7) is 14.8. The lowest BCUT2D eigenvalue weighted by Crippen LogP contribution is -2.61. The molecule has 162 valence electrons. The van der Waals surface area contributed by atoms with Gasteiger partial charge in [0.15, 0.2) is 12.0 Å². The molecule has 0 N–H and O–H groups in total. The largest absolute Gasteiger partial charge is 0.465 e. The predicted molar refractivity (Wildman–Crippen MR) is 101 cm³/mol. The highest BCUT2D eigenvalue weighted by Crippen LogP contribution is 2.40. The number of fused-ring (bicyclic) bond motifs is 1. The van der Waals surface area contributed by atoms with E-state index < -0.39 is 35.2 Å². The van der Waals surface area contributed by atoms with Crippen LogP contribution in [0.4, 0.5) is 4.79 Å². The minimum Gasteiger partial charge on any atom is -0.465 e. The number of hydrogen-bond donors (Lipinski definition) is 0. The molecular formula is C20H35NO7. The number of hydrogen-bond acceptors (Lipinski definition) is 7. The molecule has 0 bridgehead atoms. The molecule has 2 heterocycles. The summed E-state index contributed by atoms with van der Waals surface area (Å²) in [5.41, 5.74) is -1.26. The van der Waals surface area contributed by atoms with Crippen molar-refractivity contribution >= 4 is 12.1 Å². The van der Waals surface area contributed by atoms with Gasteiger partial charge in [-0.3, -0.25) is 9.69 Å². The van der Waals surface area contributed by atoms with Gasteiger partial charge in [0.1, 0.15) is 11.7 Å². The van der Waals surface area contributed by atoms with E-state index in [1.807, 2.05) is 13.8 Å². The Bertz CT molecular complexity index is 590. The van der Waals surface area contributed by atoms with Gasteiger partial charge in [-0.1, -0.05) is 0 Å². The third-order valence-corrected chi connectivity index (χ3v) is 4.56. The van der Waals surface area contributed by atoms with Crippen molar-refractivity contribution in [1.82, 2.24) is 4.90 Å². The van der Waals surface area contributed by atoms with Gasteiger partial charge in [-0.2, -0.15) is 0 Å². The third-order valence-electron chi connectivity index (χ3n) is 4.56. The van der Waals surface area contributed by atoms with E-state index in [-0.39, 0.29) is 31.1 Å². The summed E-state index contributed by atoms with van der Waals surface area (Å²) in [5, 5.41) is 0. The molecule has 28 heavy (non-hydrogen) atoms. The second kappa shape index (κ2) is 7.80. The number of ether oxygens (including phenoxy) is 5. The fourth-order valence-corrected chi connectivity index (χ4v) is 3.35. The molecule has 0 spiro atoms. The fraction of sp³-hybridized carbons (Fsp3) is 0.900. The van der Waals surface area contributed by atoms with Crippen molar-refractivity contribution in [2.75, 3.05) is 20.3 Å². The van der Waals surface area contributed by atoms with Crippen molar-refractivity contribution in [2.24, 2.45) is 11.3 Å². The highest BCUT2D eigenvalue weighted by atomic mass is 16.8. The zero-order chi connectivity index (χ0) is 21.5. The molecular weight excluding hydrogens is 366 g/mol. The van der Waals surface area contributed by atoms with Crippen LogP contribution in [0.15, 0.2) is 0 Å². The van der Waals surface area contributed by atoms with Crippen LogP contribution in [0.2, 0.25) is 0 Å². The second-order valence-corrected chi connectivity index (χ2v) is 9.93. The maximum absolute atomic E-state index is 12.8. The van der Waals surface area contributed by atoms with Gasteiger partial charge in [0.2, 0.25) is 0 Å². The van der Waals surface area contributed by atoms with Crippen LogP contribution in [0.1, 0.15) is 55.4 Å². The van der Waals surface area contributed by atoms with Crippen molar-refractivity contribution in [3.63, 3.8) is 0 Å². The van der Waals surface area contributed by atoms with Crippen LogP contribution in [0.5, 0.6) is 0 Å².